The highest BCUT2D eigenvalue weighted by atomic mass is 16.6. The van der Waals surface area contributed by atoms with Gasteiger partial charge in [0.05, 0.1) is 19.8 Å². The number of benzene rings is 3. The molecule has 5 nitrogen and oxygen atoms in total. The highest BCUT2D eigenvalue weighted by Gasteiger charge is 2.23. The summed E-state index contributed by atoms with van der Waals surface area (Å²) in [5, 5.41) is 9.35. The number of phenols is 1. The largest absolute Gasteiger partial charge is 0.508 e. The molecule has 1 N–H and O–H groups in total. The molecule has 162 valence electrons. The van der Waals surface area contributed by atoms with Crippen LogP contribution in [0.15, 0.2) is 72.8 Å². The molecule has 4 rings (SSSR count). The molecule has 1 fully saturated rings. The third kappa shape index (κ3) is 6.23. The van der Waals surface area contributed by atoms with Crippen LogP contribution in [0.1, 0.15) is 30.5 Å². The van der Waals surface area contributed by atoms with Crippen molar-refractivity contribution in [2.24, 2.45) is 0 Å². The van der Waals surface area contributed by atoms with Crippen LogP contribution in [0.2, 0.25) is 0 Å². The predicted molar refractivity (Wildman–Crippen MR) is 118 cm³/mol. The zero-order valence-corrected chi connectivity index (χ0v) is 17.9. The van der Waals surface area contributed by atoms with E-state index in [1.165, 1.54) is 0 Å². The van der Waals surface area contributed by atoms with Gasteiger partial charge >= 0.3 is 0 Å². The first kappa shape index (κ1) is 21.2. The van der Waals surface area contributed by atoms with Gasteiger partial charge in [0.15, 0.2) is 0 Å². The summed E-state index contributed by atoms with van der Waals surface area (Å²) < 4.78 is 22.8. The maximum absolute atomic E-state index is 9.35. The van der Waals surface area contributed by atoms with Crippen molar-refractivity contribution in [2.45, 2.75) is 38.8 Å². The second-order valence-electron chi connectivity index (χ2n) is 8.21. The smallest absolute Gasteiger partial charge is 0.128 e. The molecule has 0 aliphatic carbocycles. The van der Waals surface area contributed by atoms with E-state index in [0.717, 1.165) is 34.8 Å². The van der Waals surface area contributed by atoms with E-state index in [1.807, 2.05) is 36.4 Å². The number of aromatic hydroxyl groups is 1. The Morgan fingerprint density at radius 1 is 0.839 bits per heavy atom. The second-order valence-corrected chi connectivity index (χ2v) is 8.21. The molecule has 1 saturated heterocycles. The van der Waals surface area contributed by atoms with E-state index in [9.17, 15) is 5.11 Å². The van der Waals surface area contributed by atoms with Crippen molar-refractivity contribution in [2.75, 3.05) is 13.2 Å². The van der Waals surface area contributed by atoms with E-state index in [2.05, 4.69) is 26.0 Å². The molecule has 0 amide bonds. The minimum absolute atomic E-state index is 0.227. The number of phenolic OH excluding ortho intramolecular Hbond substituents is 1. The van der Waals surface area contributed by atoms with E-state index in [-0.39, 0.29) is 11.9 Å². The maximum Gasteiger partial charge on any atom is 0.128 e. The molecule has 3 aromatic rings. The summed E-state index contributed by atoms with van der Waals surface area (Å²) in [4.78, 5) is 0. The predicted octanol–water partition coefficient (Wildman–Crippen LogP) is 5.20. The van der Waals surface area contributed by atoms with Gasteiger partial charge in [-0.05, 0) is 66.9 Å². The summed E-state index contributed by atoms with van der Waals surface area (Å²) in [5.41, 5.74) is 2.78. The normalized spacial score (nSPS) is 15.5. The lowest BCUT2D eigenvalue weighted by Gasteiger charge is -2.27. The van der Waals surface area contributed by atoms with Crippen LogP contribution in [0.3, 0.4) is 0 Å². The molecule has 3 aromatic carbocycles. The summed E-state index contributed by atoms with van der Waals surface area (Å²) in [7, 11) is 0. The standard InChI is InChI=1S/C26H28O5/c1-26(2,31-24-11-5-19(6-12-24)15-28-17-25-18-30-25)21-7-3-20(4-8-21)16-29-23-13-9-22(27)10-14-23/h3-14,25,27H,15-18H2,1-2H3. The van der Waals surface area contributed by atoms with Crippen LogP contribution in [0, 0.1) is 0 Å². The van der Waals surface area contributed by atoms with Gasteiger partial charge in [-0.15, -0.1) is 0 Å². The molecule has 31 heavy (non-hydrogen) atoms. The van der Waals surface area contributed by atoms with Crippen LogP contribution in [0.4, 0.5) is 0 Å². The van der Waals surface area contributed by atoms with Crippen molar-refractivity contribution in [3.63, 3.8) is 0 Å². The van der Waals surface area contributed by atoms with E-state index >= 15 is 0 Å². The van der Waals surface area contributed by atoms with E-state index in [0.29, 0.717) is 19.8 Å². The lowest BCUT2D eigenvalue weighted by atomic mass is 9.97. The number of rotatable bonds is 10. The minimum atomic E-state index is -0.475. The van der Waals surface area contributed by atoms with Crippen molar-refractivity contribution < 1.29 is 24.1 Å². The van der Waals surface area contributed by atoms with Gasteiger partial charge in [-0.2, -0.15) is 0 Å². The number of hydrogen-bond donors (Lipinski definition) is 1. The van der Waals surface area contributed by atoms with Gasteiger partial charge in [0.25, 0.3) is 0 Å². The Bertz CT molecular complexity index is 958. The highest BCUT2D eigenvalue weighted by Crippen LogP contribution is 2.28. The third-order valence-corrected chi connectivity index (χ3v) is 5.16. The Morgan fingerprint density at radius 2 is 1.42 bits per heavy atom. The van der Waals surface area contributed by atoms with Gasteiger partial charge < -0.3 is 24.1 Å². The molecular formula is C26H28O5. The number of epoxide rings is 1. The summed E-state index contributed by atoms with van der Waals surface area (Å²) in [6, 6.07) is 23.0. The Balaban J connectivity index is 1.30. The highest BCUT2D eigenvalue weighted by molar-refractivity contribution is 5.32. The summed E-state index contributed by atoms with van der Waals surface area (Å²) in [5.74, 6) is 1.77. The van der Waals surface area contributed by atoms with Crippen LogP contribution >= 0.6 is 0 Å². The maximum atomic E-state index is 9.35. The minimum Gasteiger partial charge on any atom is -0.508 e. The lowest BCUT2D eigenvalue weighted by Crippen LogP contribution is -2.25. The molecule has 0 radical (unpaired) electrons. The fourth-order valence-electron chi connectivity index (χ4n) is 3.19. The monoisotopic (exact) mass is 420 g/mol. The summed E-state index contributed by atoms with van der Waals surface area (Å²) in [6.45, 7) is 6.62. The molecule has 0 bridgehead atoms. The fourth-order valence-corrected chi connectivity index (χ4v) is 3.19. The van der Waals surface area contributed by atoms with Crippen molar-refractivity contribution in [3.8, 4) is 17.2 Å². The van der Waals surface area contributed by atoms with Crippen molar-refractivity contribution >= 4 is 0 Å². The van der Waals surface area contributed by atoms with Gasteiger partial charge in [-0.25, -0.2) is 0 Å². The Kier molecular flexibility index (Phi) is 6.44. The molecule has 1 heterocycles. The van der Waals surface area contributed by atoms with Gasteiger partial charge in [0.2, 0.25) is 0 Å². The van der Waals surface area contributed by atoms with E-state index in [4.69, 9.17) is 18.9 Å². The molecule has 5 heteroatoms. The first-order valence-electron chi connectivity index (χ1n) is 10.5. The third-order valence-electron chi connectivity index (χ3n) is 5.16. The molecule has 1 unspecified atom stereocenters. The van der Waals surface area contributed by atoms with Gasteiger partial charge in [0.1, 0.15) is 35.6 Å². The van der Waals surface area contributed by atoms with Crippen LogP contribution < -0.4 is 9.47 Å². The summed E-state index contributed by atoms with van der Waals surface area (Å²) in [6.07, 6.45) is 0.286. The molecule has 0 saturated carbocycles. The zero-order chi connectivity index (χ0) is 21.7. The van der Waals surface area contributed by atoms with Crippen molar-refractivity contribution in [3.05, 3.63) is 89.5 Å². The Morgan fingerprint density at radius 3 is 2.06 bits per heavy atom. The lowest BCUT2D eigenvalue weighted by molar-refractivity contribution is 0.103. The Hall–Kier alpha value is -3.02. The quantitative estimate of drug-likeness (QED) is 0.457. The molecule has 1 atom stereocenters. The first-order chi connectivity index (χ1) is 15.0. The van der Waals surface area contributed by atoms with Gasteiger partial charge in [0, 0.05) is 0 Å². The fraction of sp³-hybridized carbons (Fsp3) is 0.308. The van der Waals surface area contributed by atoms with Crippen LogP contribution in [0.25, 0.3) is 0 Å². The van der Waals surface area contributed by atoms with Gasteiger partial charge in [-0.1, -0.05) is 36.4 Å². The molecular weight excluding hydrogens is 392 g/mol. The molecule has 1 aliphatic heterocycles. The molecule has 0 spiro atoms. The Labute approximate surface area is 183 Å². The van der Waals surface area contributed by atoms with Crippen LogP contribution in [0.5, 0.6) is 17.2 Å². The average Bonchev–Trinajstić information content (AvgIpc) is 3.59. The molecule has 0 aromatic heterocycles. The number of ether oxygens (including phenoxy) is 4. The van der Waals surface area contributed by atoms with Crippen LogP contribution in [-0.2, 0) is 28.3 Å². The number of hydrogen-bond acceptors (Lipinski definition) is 5. The van der Waals surface area contributed by atoms with E-state index in [1.54, 1.807) is 24.3 Å². The zero-order valence-electron chi connectivity index (χ0n) is 17.9. The molecule has 1 aliphatic rings. The van der Waals surface area contributed by atoms with E-state index < -0.39 is 5.60 Å². The first-order valence-corrected chi connectivity index (χ1v) is 10.5. The van der Waals surface area contributed by atoms with Crippen LogP contribution in [-0.4, -0.2) is 24.4 Å². The summed E-state index contributed by atoms with van der Waals surface area (Å²) >= 11 is 0. The average molecular weight is 421 g/mol. The SMILES string of the molecule is CC(C)(Oc1ccc(COCC2CO2)cc1)c1ccc(COc2ccc(O)cc2)cc1. The van der Waals surface area contributed by atoms with Crippen molar-refractivity contribution in [1.29, 1.82) is 0 Å². The topological polar surface area (TPSA) is 60.5 Å². The second kappa shape index (κ2) is 9.41. The van der Waals surface area contributed by atoms with Crippen molar-refractivity contribution in [1.82, 2.24) is 0 Å². The van der Waals surface area contributed by atoms with Gasteiger partial charge in [-0.3, -0.25) is 0 Å².